The van der Waals surface area contributed by atoms with Crippen LogP contribution in [-0.2, 0) is 14.3 Å². The molecule has 2 rings (SSSR count). The Morgan fingerprint density at radius 2 is 2.00 bits per heavy atom. The van der Waals surface area contributed by atoms with E-state index >= 15 is 0 Å². The zero-order chi connectivity index (χ0) is 14.0. The van der Waals surface area contributed by atoms with Gasteiger partial charge in [0.2, 0.25) is 0 Å². The quantitative estimate of drug-likeness (QED) is 0.775. The Kier molecular flexibility index (Phi) is 4.40. The maximum atomic E-state index is 12.4. The van der Waals surface area contributed by atoms with Crippen LogP contribution in [0, 0.1) is 17.8 Å². The molecule has 0 aliphatic heterocycles. The SMILES string of the molecule is COC(=O)C1CCCCCC2C(CO)=C(C)C(=O)C12. The minimum absolute atomic E-state index is 0.0295. The number of ether oxygens (including phenoxy) is 1. The van der Waals surface area contributed by atoms with E-state index in [1.165, 1.54) is 7.11 Å². The minimum Gasteiger partial charge on any atom is -0.469 e. The molecule has 0 aromatic rings. The zero-order valence-corrected chi connectivity index (χ0v) is 11.6. The van der Waals surface area contributed by atoms with Gasteiger partial charge in [-0.2, -0.15) is 0 Å². The van der Waals surface area contributed by atoms with Crippen LogP contribution in [0.5, 0.6) is 0 Å². The number of ketones is 1. The molecule has 106 valence electrons. The summed E-state index contributed by atoms with van der Waals surface area (Å²) in [4.78, 5) is 24.4. The summed E-state index contributed by atoms with van der Waals surface area (Å²) in [6.45, 7) is 1.69. The number of fused-ring (bicyclic) bond motifs is 1. The van der Waals surface area contributed by atoms with Gasteiger partial charge in [0.1, 0.15) is 0 Å². The summed E-state index contributed by atoms with van der Waals surface area (Å²) in [5, 5.41) is 9.51. The van der Waals surface area contributed by atoms with Crippen molar-refractivity contribution in [2.75, 3.05) is 13.7 Å². The van der Waals surface area contributed by atoms with E-state index < -0.39 is 0 Å². The third-order valence-corrected chi connectivity index (χ3v) is 4.67. The van der Waals surface area contributed by atoms with Crippen LogP contribution in [-0.4, -0.2) is 30.6 Å². The molecule has 2 aliphatic carbocycles. The lowest BCUT2D eigenvalue weighted by Crippen LogP contribution is -2.34. The average Bonchev–Trinajstić information content (AvgIpc) is 2.61. The van der Waals surface area contributed by atoms with E-state index in [4.69, 9.17) is 4.74 Å². The van der Waals surface area contributed by atoms with Gasteiger partial charge in [0.05, 0.1) is 19.6 Å². The number of allylic oxidation sites excluding steroid dienone is 1. The fourth-order valence-corrected chi connectivity index (χ4v) is 3.64. The molecule has 3 atom stereocenters. The van der Waals surface area contributed by atoms with Crippen LogP contribution in [0.1, 0.15) is 39.0 Å². The molecule has 1 saturated carbocycles. The van der Waals surface area contributed by atoms with Crippen LogP contribution in [0.2, 0.25) is 0 Å². The number of methoxy groups -OCH3 is 1. The Labute approximate surface area is 113 Å². The second-order valence-corrected chi connectivity index (χ2v) is 5.57. The predicted octanol–water partition coefficient (Wildman–Crippen LogP) is 1.86. The number of hydrogen-bond acceptors (Lipinski definition) is 4. The molecule has 3 unspecified atom stereocenters. The molecular formula is C15H22O4. The molecule has 1 fully saturated rings. The number of hydrogen-bond donors (Lipinski definition) is 1. The minimum atomic E-state index is -0.346. The van der Waals surface area contributed by atoms with Crippen LogP contribution in [0.4, 0.5) is 0 Å². The first-order valence-corrected chi connectivity index (χ1v) is 7.04. The van der Waals surface area contributed by atoms with Crippen molar-refractivity contribution in [2.24, 2.45) is 17.8 Å². The highest BCUT2D eigenvalue weighted by atomic mass is 16.5. The molecule has 0 spiro atoms. The average molecular weight is 266 g/mol. The van der Waals surface area contributed by atoms with Crippen molar-refractivity contribution in [3.8, 4) is 0 Å². The van der Waals surface area contributed by atoms with Crippen molar-refractivity contribution in [1.82, 2.24) is 0 Å². The van der Waals surface area contributed by atoms with Gasteiger partial charge in [-0.1, -0.05) is 19.3 Å². The highest BCUT2D eigenvalue weighted by Gasteiger charge is 2.46. The van der Waals surface area contributed by atoms with Crippen molar-refractivity contribution < 1.29 is 19.4 Å². The number of carbonyl (C=O) groups excluding carboxylic acids is 2. The van der Waals surface area contributed by atoms with Crippen molar-refractivity contribution in [1.29, 1.82) is 0 Å². The Morgan fingerprint density at radius 3 is 2.63 bits per heavy atom. The molecule has 0 aromatic carbocycles. The molecule has 2 aliphatic rings. The van der Waals surface area contributed by atoms with Gasteiger partial charge < -0.3 is 9.84 Å². The fraction of sp³-hybridized carbons (Fsp3) is 0.733. The first-order valence-electron chi connectivity index (χ1n) is 7.04. The third-order valence-electron chi connectivity index (χ3n) is 4.67. The molecule has 4 nitrogen and oxygen atoms in total. The van der Waals surface area contributed by atoms with Gasteiger partial charge in [0.15, 0.2) is 5.78 Å². The van der Waals surface area contributed by atoms with E-state index in [1.807, 2.05) is 0 Å². The monoisotopic (exact) mass is 266 g/mol. The first kappa shape index (κ1) is 14.3. The zero-order valence-electron chi connectivity index (χ0n) is 11.6. The van der Waals surface area contributed by atoms with E-state index in [-0.39, 0.29) is 36.1 Å². The van der Waals surface area contributed by atoms with Crippen LogP contribution >= 0.6 is 0 Å². The lowest BCUT2D eigenvalue weighted by atomic mass is 9.74. The van der Waals surface area contributed by atoms with Gasteiger partial charge >= 0.3 is 5.97 Å². The normalized spacial score (nSPS) is 31.7. The first-order chi connectivity index (χ1) is 9.11. The van der Waals surface area contributed by atoms with E-state index in [0.717, 1.165) is 31.3 Å². The molecule has 4 heteroatoms. The third kappa shape index (κ3) is 2.46. The molecule has 1 N–H and O–H groups in total. The summed E-state index contributed by atoms with van der Waals surface area (Å²) in [6, 6.07) is 0. The summed E-state index contributed by atoms with van der Waals surface area (Å²) in [6.07, 6.45) is 4.69. The van der Waals surface area contributed by atoms with Crippen molar-refractivity contribution >= 4 is 11.8 Å². The molecular weight excluding hydrogens is 244 g/mol. The van der Waals surface area contributed by atoms with Crippen LogP contribution in [0.3, 0.4) is 0 Å². The molecule has 0 heterocycles. The molecule has 0 aromatic heterocycles. The van der Waals surface area contributed by atoms with Crippen LogP contribution in [0.25, 0.3) is 0 Å². The Balaban J connectivity index is 2.34. The van der Waals surface area contributed by atoms with Gasteiger partial charge in [-0.15, -0.1) is 0 Å². The molecule has 0 bridgehead atoms. The highest BCUT2D eigenvalue weighted by molar-refractivity contribution is 6.02. The lowest BCUT2D eigenvalue weighted by Gasteiger charge is -2.29. The van der Waals surface area contributed by atoms with Crippen molar-refractivity contribution in [2.45, 2.75) is 39.0 Å². The second-order valence-electron chi connectivity index (χ2n) is 5.57. The van der Waals surface area contributed by atoms with Gasteiger partial charge in [-0.3, -0.25) is 9.59 Å². The molecule has 0 radical (unpaired) electrons. The molecule has 19 heavy (non-hydrogen) atoms. The number of Topliss-reactive ketones (excluding diaryl/α,β-unsaturated/α-hetero) is 1. The summed E-state index contributed by atoms with van der Waals surface area (Å²) in [5.74, 6) is -0.873. The fourth-order valence-electron chi connectivity index (χ4n) is 3.64. The van der Waals surface area contributed by atoms with E-state index in [1.54, 1.807) is 6.92 Å². The Bertz CT molecular complexity index is 410. The number of aliphatic hydroxyl groups excluding tert-OH is 1. The number of carbonyl (C=O) groups is 2. The Hall–Kier alpha value is -1.16. The van der Waals surface area contributed by atoms with E-state index in [2.05, 4.69) is 0 Å². The standard InChI is InChI=1S/C15H22O4/c1-9-12(8-16)10-6-4-3-5-7-11(15(18)19-2)13(10)14(9)17/h10-11,13,16H,3-8H2,1-2H3. The van der Waals surface area contributed by atoms with Crippen molar-refractivity contribution in [3.63, 3.8) is 0 Å². The van der Waals surface area contributed by atoms with Crippen LogP contribution in [0.15, 0.2) is 11.1 Å². The maximum absolute atomic E-state index is 12.4. The predicted molar refractivity (Wildman–Crippen MR) is 70.4 cm³/mol. The lowest BCUT2D eigenvalue weighted by molar-refractivity contribution is -0.150. The summed E-state index contributed by atoms with van der Waals surface area (Å²) < 4.78 is 4.87. The van der Waals surface area contributed by atoms with Gasteiger partial charge in [-0.05, 0) is 36.8 Å². The second kappa shape index (κ2) is 5.87. The smallest absolute Gasteiger partial charge is 0.309 e. The van der Waals surface area contributed by atoms with E-state index in [9.17, 15) is 14.7 Å². The Morgan fingerprint density at radius 1 is 1.32 bits per heavy atom. The van der Waals surface area contributed by atoms with E-state index in [0.29, 0.717) is 12.0 Å². The van der Waals surface area contributed by atoms with Gasteiger partial charge in [-0.25, -0.2) is 0 Å². The largest absolute Gasteiger partial charge is 0.469 e. The summed E-state index contributed by atoms with van der Waals surface area (Å²) in [5.41, 5.74) is 1.50. The topological polar surface area (TPSA) is 63.6 Å². The summed E-state index contributed by atoms with van der Waals surface area (Å²) >= 11 is 0. The van der Waals surface area contributed by atoms with Crippen molar-refractivity contribution in [3.05, 3.63) is 11.1 Å². The molecule has 0 amide bonds. The maximum Gasteiger partial charge on any atom is 0.309 e. The van der Waals surface area contributed by atoms with Gasteiger partial charge in [0, 0.05) is 5.92 Å². The summed E-state index contributed by atoms with van der Waals surface area (Å²) in [7, 11) is 1.38. The highest BCUT2D eigenvalue weighted by Crippen LogP contribution is 2.44. The number of esters is 1. The number of aliphatic hydroxyl groups is 1. The van der Waals surface area contributed by atoms with Gasteiger partial charge in [0.25, 0.3) is 0 Å². The number of rotatable bonds is 2. The van der Waals surface area contributed by atoms with Crippen LogP contribution < -0.4 is 0 Å². The molecule has 0 saturated heterocycles.